The van der Waals surface area contributed by atoms with Gasteiger partial charge in [-0.2, -0.15) is 0 Å². The fourth-order valence-corrected chi connectivity index (χ4v) is 1.82. The highest BCUT2D eigenvalue weighted by atomic mass is 32.1. The van der Waals surface area contributed by atoms with Crippen LogP contribution in [0.2, 0.25) is 0 Å². The van der Waals surface area contributed by atoms with Gasteiger partial charge in [0.05, 0.1) is 11.3 Å². The topological polar surface area (TPSA) is 113 Å². The number of benzene rings is 1. The summed E-state index contributed by atoms with van der Waals surface area (Å²) in [6, 6.07) is 3.94. The predicted molar refractivity (Wildman–Crippen MR) is 66.8 cm³/mol. The fraction of sp³-hybridized carbons (Fsp3) is 0. The number of oxime groups is 1. The number of amidine groups is 1. The molecule has 0 bridgehead atoms. The van der Waals surface area contributed by atoms with Crippen LogP contribution in [0.25, 0.3) is 0 Å². The summed E-state index contributed by atoms with van der Waals surface area (Å²) in [7, 11) is 0. The summed E-state index contributed by atoms with van der Waals surface area (Å²) in [5.41, 5.74) is 5.35. The van der Waals surface area contributed by atoms with Gasteiger partial charge < -0.3 is 16.3 Å². The van der Waals surface area contributed by atoms with E-state index in [-0.39, 0.29) is 16.9 Å². The van der Waals surface area contributed by atoms with Crippen LogP contribution in [0.15, 0.2) is 28.7 Å². The van der Waals surface area contributed by atoms with E-state index < -0.39 is 17.6 Å². The third kappa shape index (κ3) is 2.65. The van der Waals surface area contributed by atoms with Gasteiger partial charge in [-0.1, -0.05) is 15.7 Å². The number of carbonyl (C=O) groups is 1. The van der Waals surface area contributed by atoms with Crippen LogP contribution in [0.1, 0.15) is 16.1 Å². The van der Waals surface area contributed by atoms with Gasteiger partial charge in [-0.3, -0.25) is 4.79 Å². The van der Waals surface area contributed by atoms with E-state index in [4.69, 9.17) is 10.9 Å². The van der Waals surface area contributed by atoms with E-state index >= 15 is 0 Å². The summed E-state index contributed by atoms with van der Waals surface area (Å²) in [4.78, 5) is 11.8. The molecule has 2 aromatic rings. The zero-order valence-corrected chi connectivity index (χ0v) is 10.2. The summed E-state index contributed by atoms with van der Waals surface area (Å²) < 4.78 is 17.2. The number of carbonyl (C=O) groups excluding carboxylic acids is 1. The molecular weight excluding hydrogens is 273 g/mol. The van der Waals surface area contributed by atoms with Crippen LogP contribution >= 0.6 is 11.5 Å². The zero-order valence-electron chi connectivity index (χ0n) is 9.37. The minimum atomic E-state index is -0.718. The molecule has 1 aromatic heterocycles. The van der Waals surface area contributed by atoms with Crippen molar-refractivity contribution in [2.45, 2.75) is 0 Å². The van der Waals surface area contributed by atoms with Gasteiger partial charge in [0.25, 0.3) is 5.91 Å². The van der Waals surface area contributed by atoms with Crippen LogP contribution in [-0.4, -0.2) is 26.5 Å². The van der Waals surface area contributed by atoms with E-state index in [1.807, 2.05) is 0 Å². The Balaban J connectivity index is 2.36. The SMILES string of the molecule is NC(=NO)c1c(F)cccc1NC(=O)c1csnn1. The highest BCUT2D eigenvalue weighted by molar-refractivity contribution is 7.03. The number of nitrogens with zero attached hydrogens (tertiary/aromatic N) is 3. The first-order chi connectivity index (χ1) is 9.13. The van der Waals surface area contributed by atoms with Gasteiger partial charge in [-0.25, -0.2) is 4.39 Å². The van der Waals surface area contributed by atoms with Crippen LogP contribution in [0.4, 0.5) is 10.1 Å². The Morgan fingerprint density at radius 3 is 2.95 bits per heavy atom. The first kappa shape index (κ1) is 12.9. The lowest BCUT2D eigenvalue weighted by Gasteiger charge is -2.09. The van der Waals surface area contributed by atoms with Crippen molar-refractivity contribution in [1.82, 2.24) is 9.59 Å². The third-order valence-electron chi connectivity index (χ3n) is 2.22. The average molecular weight is 281 g/mol. The van der Waals surface area contributed by atoms with Crippen LogP contribution in [-0.2, 0) is 0 Å². The Kier molecular flexibility index (Phi) is 3.66. The van der Waals surface area contributed by atoms with Crippen molar-refractivity contribution in [2.24, 2.45) is 10.9 Å². The summed E-state index contributed by atoms with van der Waals surface area (Å²) in [6.07, 6.45) is 0. The lowest BCUT2D eigenvalue weighted by molar-refractivity contribution is 0.102. The highest BCUT2D eigenvalue weighted by Gasteiger charge is 2.16. The van der Waals surface area contributed by atoms with Crippen LogP contribution in [0.3, 0.4) is 0 Å². The quantitative estimate of drug-likeness (QED) is 0.336. The molecule has 2 rings (SSSR count). The molecule has 0 aliphatic rings. The first-order valence-corrected chi connectivity index (χ1v) is 5.82. The Labute approximate surface area is 110 Å². The number of halogens is 1. The average Bonchev–Trinajstić information content (AvgIpc) is 2.92. The van der Waals surface area contributed by atoms with E-state index in [0.29, 0.717) is 0 Å². The second-order valence-electron chi connectivity index (χ2n) is 3.39. The van der Waals surface area contributed by atoms with Crippen molar-refractivity contribution in [3.05, 3.63) is 40.7 Å². The Morgan fingerprint density at radius 2 is 2.32 bits per heavy atom. The normalized spacial score (nSPS) is 11.3. The molecule has 1 heterocycles. The molecule has 0 aliphatic heterocycles. The highest BCUT2D eigenvalue weighted by Crippen LogP contribution is 2.19. The maximum atomic E-state index is 13.6. The van der Waals surface area contributed by atoms with E-state index in [1.165, 1.54) is 17.5 Å². The predicted octanol–water partition coefficient (Wildman–Crippen LogP) is 1.02. The molecule has 0 radical (unpaired) electrons. The number of hydrogen-bond donors (Lipinski definition) is 3. The minimum Gasteiger partial charge on any atom is -0.409 e. The summed E-state index contributed by atoms with van der Waals surface area (Å²) in [5.74, 6) is -1.72. The van der Waals surface area contributed by atoms with Gasteiger partial charge in [-0.05, 0) is 23.7 Å². The molecule has 0 spiro atoms. The van der Waals surface area contributed by atoms with Gasteiger partial charge in [-0.15, -0.1) is 5.10 Å². The van der Waals surface area contributed by atoms with Crippen molar-refractivity contribution in [3.63, 3.8) is 0 Å². The molecule has 0 atom stereocenters. The lowest BCUT2D eigenvalue weighted by atomic mass is 10.1. The van der Waals surface area contributed by atoms with Crippen molar-refractivity contribution < 1.29 is 14.4 Å². The number of nitrogens with one attached hydrogen (secondary N) is 1. The maximum absolute atomic E-state index is 13.6. The van der Waals surface area contributed by atoms with E-state index in [9.17, 15) is 9.18 Å². The second-order valence-corrected chi connectivity index (χ2v) is 4.00. The van der Waals surface area contributed by atoms with Gasteiger partial charge in [0.2, 0.25) is 0 Å². The van der Waals surface area contributed by atoms with Gasteiger partial charge in [0.1, 0.15) is 5.82 Å². The number of anilines is 1. The Bertz CT molecular complexity index is 629. The number of amides is 1. The van der Waals surface area contributed by atoms with Crippen LogP contribution in [0.5, 0.6) is 0 Å². The lowest BCUT2D eigenvalue weighted by Crippen LogP contribution is -2.20. The summed E-state index contributed by atoms with van der Waals surface area (Å²) in [6.45, 7) is 0. The van der Waals surface area contributed by atoms with Crippen LogP contribution in [0, 0.1) is 5.82 Å². The molecule has 0 saturated carbocycles. The molecular formula is C10H8FN5O2S. The molecule has 0 fully saturated rings. The van der Waals surface area contributed by atoms with Crippen molar-refractivity contribution >= 4 is 29.0 Å². The molecule has 0 saturated heterocycles. The van der Waals surface area contributed by atoms with Gasteiger partial charge >= 0.3 is 0 Å². The molecule has 0 unspecified atom stereocenters. The summed E-state index contributed by atoms with van der Waals surface area (Å²) in [5, 5.41) is 18.8. The molecule has 98 valence electrons. The van der Waals surface area contributed by atoms with Gasteiger partial charge in [0.15, 0.2) is 11.5 Å². The van der Waals surface area contributed by atoms with E-state index in [2.05, 4.69) is 20.1 Å². The number of nitrogens with two attached hydrogens (primary N) is 1. The Hall–Kier alpha value is -2.55. The monoisotopic (exact) mass is 281 g/mol. The molecule has 1 amide bonds. The number of hydrogen-bond acceptors (Lipinski definition) is 6. The second kappa shape index (κ2) is 5.40. The fourth-order valence-electron chi connectivity index (χ4n) is 1.39. The largest absolute Gasteiger partial charge is 0.409 e. The molecule has 9 heteroatoms. The Morgan fingerprint density at radius 1 is 1.53 bits per heavy atom. The first-order valence-electron chi connectivity index (χ1n) is 4.98. The van der Waals surface area contributed by atoms with Crippen LogP contribution < -0.4 is 11.1 Å². The molecule has 0 aliphatic carbocycles. The molecule has 1 aromatic carbocycles. The molecule has 19 heavy (non-hydrogen) atoms. The third-order valence-corrected chi connectivity index (χ3v) is 2.72. The van der Waals surface area contributed by atoms with Crippen molar-refractivity contribution in [3.8, 4) is 0 Å². The zero-order chi connectivity index (χ0) is 13.8. The molecule has 4 N–H and O–H groups in total. The van der Waals surface area contributed by atoms with E-state index in [0.717, 1.165) is 17.6 Å². The summed E-state index contributed by atoms with van der Waals surface area (Å²) >= 11 is 1.01. The maximum Gasteiger partial charge on any atom is 0.277 e. The number of aromatic nitrogens is 2. The van der Waals surface area contributed by atoms with Gasteiger partial charge in [0, 0.05) is 5.38 Å². The van der Waals surface area contributed by atoms with Crippen molar-refractivity contribution in [1.29, 1.82) is 0 Å². The smallest absolute Gasteiger partial charge is 0.277 e. The van der Waals surface area contributed by atoms with Crippen molar-refractivity contribution in [2.75, 3.05) is 5.32 Å². The minimum absolute atomic E-state index is 0.0771. The standard InChI is InChI=1S/C10H8FN5O2S/c11-5-2-1-3-6(8(5)9(12)15-18)13-10(17)7-4-19-16-14-7/h1-4,18H,(H2,12,15)(H,13,17). The molecule has 7 nitrogen and oxygen atoms in total. The number of rotatable bonds is 3. The van der Waals surface area contributed by atoms with E-state index in [1.54, 1.807) is 0 Å².